The van der Waals surface area contributed by atoms with Crippen LogP contribution in [0.25, 0.3) is 0 Å². The molecule has 2 heterocycles. The molecular formula is C15H16N2OS. The fourth-order valence-corrected chi connectivity index (χ4v) is 2.97. The third-order valence-corrected chi connectivity index (χ3v) is 4.12. The van der Waals surface area contributed by atoms with Gasteiger partial charge in [0.25, 0.3) is 5.91 Å². The van der Waals surface area contributed by atoms with Crippen molar-refractivity contribution in [1.82, 2.24) is 10.6 Å². The normalized spacial score (nSPS) is 13.9. The van der Waals surface area contributed by atoms with Gasteiger partial charge in [-0.3, -0.25) is 4.79 Å². The van der Waals surface area contributed by atoms with Crippen molar-refractivity contribution in [2.24, 2.45) is 0 Å². The second-order valence-electron chi connectivity index (χ2n) is 4.72. The van der Waals surface area contributed by atoms with Crippen LogP contribution in [0.4, 0.5) is 0 Å². The van der Waals surface area contributed by atoms with Crippen molar-refractivity contribution < 1.29 is 4.79 Å². The zero-order valence-corrected chi connectivity index (χ0v) is 11.4. The van der Waals surface area contributed by atoms with Crippen LogP contribution in [0.2, 0.25) is 0 Å². The van der Waals surface area contributed by atoms with Crippen LogP contribution in [0.15, 0.2) is 35.0 Å². The molecule has 4 heteroatoms. The number of nitrogens with one attached hydrogen (secondary N) is 2. The van der Waals surface area contributed by atoms with E-state index in [1.54, 1.807) is 11.3 Å². The Bertz CT molecular complexity index is 578. The second-order valence-corrected chi connectivity index (χ2v) is 5.50. The van der Waals surface area contributed by atoms with E-state index < -0.39 is 0 Å². The number of amides is 1. The molecule has 0 bridgehead atoms. The first-order valence-corrected chi connectivity index (χ1v) is 7.39. The molecular weight excluding hydrogens is 256 g/mol. The number of fused-ring (bicyclic) bond motifs is 1. The minimum atomic E-state index is -0.000395. The van der Waals surface area contributed by atoms with E-state index in [1.165, 1.54) is 11.1 Å². The third kappa shape index (κ3) is 2.85. The Morgan fingerprint density at radius 2 is 2.26 bits per heavy atom. The first kappa shape index (κ1) is 12.4. The summed E-state index contributed by atoms with van der Waals surface area (Å²) in [6, 6.07) is 8.04. The SMILES string of the molecule is O=C(NCc1ccsc1)c1ccc2c(c1)CNCC2. The third-order valence-electron chi connectivity index (χ3n) is 3.39. The fourth-order valence-electron chi connectivity index (χ4n) is 2.30. The quantitative estimate of drug-likeness (QED) is 0.900. The van der Waals surface area contributed by atoms with Crippen LogP contribution in [-0.2, 0) is 19.5 Å². The van der Waals surface area contributed by atoms with E-state index in [4.69, 9.17) is 0 Å². The van der Waals surface area contributed by atoms with Crippen LogP contribution in [-0.4, -0.2) is 12.5 Å². The molecule has 1 aromatic heterocycles. The van der Waals surface area contributed by atoms with Gasteiger partial charge in [0.2, 0.25) is 0 Å². The van der Waals surface area contributed by atoms with Crippen molar-refractivity contribution >= 4 is 17.2 Å². The summed E-state index contributed by atoms with van der Waals surface area (Å²) in [4.78, 5) is 12.1. The smallest absolute Gasteiger partial charge is 0.251 e. The highest BCUT2D eigenvalue weighted by Gasteiger charge is 2.12. The van der Waals surface area contributed by atoms with Crippen molar-refractivity contribution in [2.45, 2.75) is 19.5 Å². The fraction of sp³-hybridized carbons (Fsp3) is 0.267. The molecule has 2 aromatic rings. The van der Waals surface area contributed by atoms with Gasteiger partial charge in [0, 0.05) is 18.7 Å². The monoisotopic (exact) mass is 272 g/mol. The van der Waals surface area contributed by atoms with Gasteiger partial charge in [-0.15, -0.1) is 0 Å². The molecule has 0 radical (unpaired) electrons. The van der Waals surface area contributed by atoms with Crippen LogP contribution in [0, 0.1) is 0 Å². The highest BCUT2D eigenvalue weighted by Crippen LogP contribution is 2.16. The van der Waals surface area contributed by atoms with Gasteiger partial charge in [-0.2, -0.15) is 11.3 Å². The number of hydrogen-bond donors (Lipinski definition) is 2. The minimum Gasteiger partial charge on any atom is -0.348 e. The Morgan fingerprint density at radius 1 is 1.32 bits per heavy atom. The molecule has 1 aliphatic rings. The number of carbonyl (C=O) groups is 1. The van der Waals surface area contributed by atoms with Gasteiger partial charge in [-0.05, 0) is 58.6 Å². The number of benzene rings is 1. The molecule has 19 heavy (non-hydrogen) atoms. The van der Waals surface area contributed by atoms with Crippen molar-refractivity contribution in [1.29, 1.82) is 0 Å². The Labute approximate surface area is 116 Å². The summed E-state index contributed by atoms with van der Waals surface area (Å²) < 4.78 is 0. The number of rotatable bonds is 3. The number of thiophene rings is 1. The van der Waals surface area contributed by atoms with Crippen molar-refractivity contribution in [3.8, 4) is 0 Å². The first-order chi connectivity index (χ1) is 9.33. The van der Waals surface area contributed by atoms with Crippen molar-refractivity contribution in [2.75, 3.05) is 6.54 Å². The lowest BCUT2D eigenvalue weighted by molar-refractivity contribution is 0.0951. The summed E-state index contributed by atoms with van der Waals surface area (Å²) in [5.41, 5.74) is 4.50. The van der Waals surface area contributed by atoms with Crippen LogP contribution in [0.5, 0.6) is 0 Å². The van der Waals surface area contributed by atoms with Gasteiger partial charge < -0.3 is 10.6 Å². The molecule has 3 rings (SSSR count). The van der Waals surface area contributed by atoms with E-state index in [0.29, 0.717) is 6.54 Å². The molecule has 1 amide bonds. The summed E-state index contributed by atoms with van der Waals surface area (Å²) in [5.74, 6) is -0.000395. The Kier molecular flexibility index (Phi) is 3.62. The van der Waals surface area contributed by atoms with Crippen LogP contribution >= 0.6 is 11.3 Å². The Balaban J connectivity index is 1.69. The average molecular weight is 272 g/mol. The summed E-state index contributed by atoms with van der Waals surface area (Å²) in [6.45, 7) is 2.48. The molecule has 0 saturated heterocycles. The molecule has 0 unspecified atom stereocenters. The van der Waals surface area contributed by atoms with Crippen LogP contribution in [0.1, 0.15) is 27.0 Å². The lowest BCUT2D eigenvalue weighted by Crippen LogP contribution is -2.26. The minimum absolute atomic E-state index is 0.000395. The zero-order chi connectivity index (χ0) is 13.1. The van der Waals surface area contributed by atoms with Crippen molar-refractivity contribution in [3.05, 3.63) is 57.3 Å². The number of hydrogen-bond acceptors (Lipinski definition) is 3. The van der Waals surface area contributed by atoms with E-state index in [2.05, 4.69) is 22.1 Å². The predicted molar refractivity (Wildman–Crippen MR) is 77.3 cm³/mol. The van der Waals surface area contributed by atoms with Gasteiger partial charge >= 0.3 is 0 Å². The van der Waals surface area contributed by atoms with Gasteiger partial charge in [0.15, 0.2) is 0 Å². The summed E-state index contributed by atoms with van der Waals surface area (Å²) in [5, 5.41) is 10.4. The molecule has 0 aliphatic carbocycles. The molecule has 0 saturated carbocycles. The summed E-state index contributed by atoms with van der Waals surface area (Å²) in [6.07, 6.45) is 1.05. The molecule has 2 N–H and O–H groups in total. The highest BCUT2D eigenvalue weighted by molar-refractivity contribution is 7.07. The molecule has 3 nitrogen and oxygen atoms in total. The molecule has 1 aliphatic heterocycles. The molecule has 98 valence electrons. The van der Waals surface area contributed by atoms with E-state index in [0.717, 1.165) is 30.6 Å². The lowest BCUT2D eigenvalue weighted by atomic mass is 9.98. The topological polar surface area (TPSA) is 41.1 Å². The second kappa shape index (κ2) is 5.55. The molecule has 0 fully saturated rings. The van der Waals surface area contributed by atoms with Gasteiger partial charge in [-0.25, -0.2) is 0 Å². The predicted octanol–water partition coefficient (Wildman–Crippen LogP) is 2.32. The Hall–Kier alpha value is -1.65. The maximum absolute atomic E-state index is 12.1. The van der Waals surface area contributed by atoms with Gasteiger partial charge in [-0.1, -0.05) is 6.07 Å². The van der Waals surface area contributed by atoms with Crippen LogP contribution in [0.3, 0.4) is 0 Å². The standard InChI is InChI=1S/C15H16N2OS/c18-15(17-8-11-4-6-19-10-11)13-2-1-12-3-5-16-9-14(12)7-13/h1-2,4,6-7,10,16H,3,5,8-9H2,(H,17,18). The molecule has 0 atom stereocenters. The zero-order valence-electron chi connectivity index (χ0n) is 10.6. The molecule has 1 aromatic carbocycles. The van der Waals surface area contributed by atoms with E-state index in [-0.39, 0.29) is 5.91 Å². The van der Waals surface area contributed by atoms with E-state index in [9.17, 15) is 4.79 Å². The average Bonchev–Trinajstić information content (AvgIpc) is 2.97. The maximum atomic E-state index is 12.1. The van der Waals surface area contributed by atoms with E-state index >= 15 is 0 Å². The highest BCUT2D eigenvalue weighted by atomic mass is 32.1. The van der Waals surface area contributed by atoms with Crippen LogP contribution < -0.4 is 10.6 Å². The summed E-state index contributed by atoms with van der Waals surface area (Å²) >= 11 is 1.65. The van der Waals surface area contributed by atoms with Gasteiger partial charge in [0.05, 0.1) is 0 Å². The van der Waals surface area contributed by atoms with Gasteiger partial charge in [0.1, 0.15) is 0 Å². The largest absolute Gasteiger partial charge is 0.348 e. The summed E-state index contributed by atoms with van der Waals surface area (Å²) in [7, 11) is 0. The Morgan fingerprint density at radius 3 is 3.11 bits per heavy atom. The molecule has 0 spiro atoms. The van der Waals surface area contributed by atoms with E-state index in [1.807, 2.05) is 23.6 Å². The lowest BCUT2D eigenvalue weighted by Gasteiger charge is -2.17. The first-order valence-electron chi connectivity index (χ1n) is 6.45. The maximum Gasteiger partial charge on any atom is 0.251 e. The van der Waals surface area contributed by atoms with Crippen molar-refractivity contribution in [3.63, 3.8) is 0 Å². The number of carbonyl (C=O) groups excluding carboxylic acids is 1.